The molecule has 2 rings (SSSR count). The number of ether oxygens (including phenoxy) is 1. The van der Waals surface area contributed by atoms with Gasteiger partial charge in [-0.15, -0.1) is 0 Å². The SMILES string of the molecule is CCCCCCCCCCCCCCCCCC(=O)Nc1ccn([C@@H]2O[C@H](CO)[C@@H](O)[C@@H]2O)c(=O)n1. The number of nitrogens with zero attached hydrogens (tertiary/aromatic N) is 2. The second-order valence-electron chi connectivity index (χ2n) is 9.98. The van der Waals surface area contributed by atoms with Crippen molar-refractivity contribution in [3.05, 3.63) is 22.7 Å². The van der Waals surface area contributed by atoms with Crippen molar-refractivity contribution in [2.45, 2.75) is 134 Å². The smallest absolute Gasteiger partial charge is 0.351 e. The second kappa shape index (κ2) is 17.6. The third-order valence-corrected chi connectivity index (χ3v) is 6.90. The Balaban J connectivity index is 1.52. The van der Waals surface area contributed by atoms with Crippen molar-refractivity contribution in [1.82, 2.24) is 9.55 Å². The van der Waals surface area contributed by atoms with E-state index in [0.717, 1.165) is 23.8 Å². The maximum absolute atomic E-state index is 12.3. The number of anilines is 1. The van der Waals surface area contributed by atoms with Gasteiger partial charge < -0.3 is 25.4 Å². The molecule has 36 heavy (non-hydrogen) atoms. The maximum Gasteiger partial charge on any atom is 0.351 e. The first-order chi connectivity index (χ1) is 17.5. The summed E-state index contributed by atoms with van der Waals surface area (Å²) in [4.78, 5) is 28.3. The fourth-order valence-corrected chi connectivity index (χ4v) is 4.65. The van der Waals surface area contributed by atoms with Crippen LogP contribution in [0.4, 0.5) is 5.82 Å². The van der Waals surface area contributed by atoms with Crippen LogP contribution in [0.1, 0.15) is 116 Å². The minimum Gasteiger partial charge on any atom is -0.394 e. The molecule has 9 heteroatoms. The zero-order valence-corrected chi connectivity index (χ0v) is 21.9. The molecule has 1 aromatic rings. The summed E-state index contributed by atoms with van der Waals surface area (Å²) in [5.74, 6) is -0.0591. The maximum atomic E-state index is 12.3. The van der Waals surface area contributed by atoms with Gasteiger partial charge in [-0.3, -0.25) is 9.36 Å². The van der Waals surface area contributed by atoms with Gasteiger partial charge in [0.1, 0.15) is 24.1 Å². The van der Waals surface area contributed by atoms with Gasteiger partial charge in [-0.1, -0.05) is 96.8 Å². The number of unbranched alkanes of at least 4 members (excludes halogenated alkanes) is 14. The lowest BCUT2D eigenvalue weighted by Crippen LogP contribution is -2.36. The highest BCUT2D eigenvalue weighted by Crippen LogP contribution is 2.28. The largest absolute Gasteiger partial charge is 0.394 e. The number of nitrogens with one attached hydrogen (secondary N) is 1. The summed E-state index contributed by atoms with van der Waals surface area (Å²) in [6.45, 7) is 1.77. The summed E-state index contributed by atoms with van der Waals surface area (Å²) in [5, 5.41) is 31.8. The van der Waals surface area contributed by atoms with Gasteiger partial charge in [0.05, 0.1) is 6.61 Å². The lowest BCUT2D eigenvalue weighted by molar-refractivity contribution is -0.116. The van der Waals surface area contributed by atoms with Crippen molar-refractivity contribution in [2.75, 3.05) is 11.9 Å². The first-order valence-electron chi connectivity index (χ1n) is 14.0. The summed E-state index contributed by atoms with van der Waals surface area (Å²) in [6, 6.07) is 1.44. The number of carbonyl (C=O) groups is 1. The van der Waals surface area contributed by atoms with Gasteiger partial charge in [-0.25, -0.2) is 4.79 Å². The van der Waals surface area contributed by atoms with Crippen LogP contribution in [0.2, 0.25) is 0 Å². The number of aromatic nitrogens is 2. The highest BCUT2D eigenvalue weighted by molar-refractivity contribution is 5.89. The van der Waals surface area contributed by atoms with Crippen molar-refractivity contribution < 1.29 is 24.9 Å². The van der Waals surface area contributed by atoms with Crippen molar-refractivity contribution in [3.8, 4) is 0 Å². The Labute approximate surface area is 215 Å². The molecule has 1 fully saturated rings. The van der Waals surface area contributed by atoms with Gasteiger partial charge in [0.25, 0.3) is 0 Å². The molecule has 0 aromatic carbocycles. The molecule has 2 heterocycles. The van der Waals surface area contributed by atoms with Crippen molar-refractivity contribution in [2.24, 2.45) is 0 Å². The van der Waals surface area contributed by atoms with E-state index in [1.165, 1.54) is 89.3 Å². The summed E-state index contributed by atoms with van der Waals surface area (Å²) >= 11 is 0. The van der Waals surface area contributed by atoms with Gasteiger partial charge in [0, 0.05) is 12.6 Å². The first kappa shape index (κ1) is 30.4. The normalized spacial score (nSPS) is 21.7. The van der Waals surface area contributed by atoms with Crippen LogP contribution < -0.4 is 11.0 Å². The van der Waals surface area contributed by atoms with E-state index >= 15 is 0 Å². The van der Waals surface area contributed by atoms with Gasteiger partial charge in [0.2, 0.25) is 5.91 Å². The van der Waals surface area contributed by atoms with Crippen LogP contribution in [0.3, 0.4) is 0 Å². The molecular formula is C27H47N3O6. The van der Waals surface area contributed by atoms with Gasteiger partial charge in [0.15, 0.2) is 6.23 Å². The van der Waals surface area contributed by atoms with Crippen LogP contribution in [0.15, 0.2) is 17.1 Å². The fourth-order valence-electron chi connectivity index (χ4n) is 4.65. The zero-order chi connectivity index (χ0) is 26.2. The molecule has 4 atom stereocenters. The molecule has 0 aliphatic carbocycles. The highest BCUT2D eigenvalue weighted by Gasteiger charge is 2.43. The van der Waals surface area contributed by atoms with Crippen LogP contribution in [0.25, 0.3) is 0 Å². The van der Waals surface area contributed by atoms with E-state index in [2.05, 4.69) is 17.2 Å². The summed E-state index contributed by atoms with van der Waals surface area (Å²) in [6.07, 6.45) is 15.9. The molecule has 1 amide bonds. The predicted octanol–water partition coefficient (Wildman–Crippen LogP) is 4.05. The van der Waals surface area contributed by atoms with Crippen LogP contribution >= 0.6 is 0 Å². The molecule has 9 nitrogen and oxygen atoms in total. The molecule has 0 unspecified atom stereocenters. The molecule has 0 saturated carbocycles. The molecule has 206 valence electrons. The molecule has 0 spiro atoms. The molecule has 0 bridgehead atoms. The average Bonchev–Trinajstić information content (AvgIpc) is 3.15. The van der Waals surface area contributed by atoms with E-state index in [1.807, 2.05) is 0 Å². The highest BCUT2D eigenvalue weighted by atomic mass is 16.6. The summed E-state index contributed by atoms with van der Waals surface area (Å²) in [5.41, 5.74) is -0.727. The van der Waals surface area contributed by atoms with E-state index in [9.17, 15) is 24.9 Å². The fraction of sp³-hybridized carbons (Fsp3) is 0.815. The third-order valence-electron chi connectivity index (χ3n) is 6.90. The Kier molecular flexibility index (Phi) is 14.9. The van der Waals surface area contributed by atoms with Crippen LogP contribution in [0.5, 0.6) is 0 Å². The summed E-state index contributed by atoms with van der Waals surface area (Å²) < 4.78 is 6.38. The zero-order valence-electron chi connectivity index (χ0n) is 21.9. The van der Waals surface area contributed by atoms with E-state index in [-0.39, 0.29) is 11.7 Å². The van der Waals surface area contributed by atoms with Gasteiger partial charge in [-0.2, -0.15) is 4.98 Å². The van der Waals surface area contributed by atoms with Crippen LogP contribution in [0, 0.1) is 0 Å². The Morgan fingerprint density at radius 3 is 1.92 bits per heavy atom. The van der Waals surface area contributed by atoms with E-state index < -0.39 is 36.8 Å². The van der Waals surface area contributed by atoms with Gasteiger partial charge in [-0.05, 0) is 12.5 Å². The molecular weight excluding hydrogens is 462 g/mol. The van der Waals surface area contributed by atoms with Crippen LogP contribution in [-0.2, 0) is 9.53 Å². The Morgan fingerprint density at radius 1 is 0.917 bits per heavy atom. The van der Waals surface area contributed by atoms with Crippen molar-refractivity contribution in [3.63, 3.8) is 0 Å². The van der Waals surface area contributed by atoms with Crippen LogP contribution in [-0.4, -0.2) is 55.7 Å². The number of hydrogen-bond donors (Lipinski definition) is 4. The number of rotatable bonds is 19. The Morgan fingerprint density at radius 2 is 1.44 bits per heavy atom. The topological polar surface area (TPSA) is 134 Å². The first-order valence-corrected chi connectivity index (χ1v) is 14.0. The number of hydrogen-bond acceptors (Lipinski definition) is 7. The average molecular weight is 510 g/mol. The van der Waals surface area contributed by atoms with E-state index in [4.69, 9.17) is 4.74 Å². The third kappa shape index (κ3) is 10.7. The monoisotopic (exact) mass is 509 g/mol. The Hall–Kier alpha value is -1.81. The molecule has 1 aliphatic rings. The Bertz CT molecular complexity index is 802. The van der Waals surface area contributed by atoms with Gasteiger partial charge >= 0.3 is 5.69 Å². The molecule has 1 aromatic heterocycles. The van der Waals surface area contributed by atoms with E-state index in [1.54, 1.807) is 0 Å². The second-order valence-corrected chi connectivity index (χ2v) is 9.98. The van der Waals surface area contributed by atoms with E-state index in [0.29, 0.717) is 6.42 Å². The van der Waals surface area contributed by atoms with Crippen molar-refractivity contribution >= 4 is 11.7 Å². The molecule has 0 radical (unpaired) electrons. The quantitative estimate of drug-likeness (QED) is 0.207. The molecule has 1 aliphatic heterocycles. The number of amides is 1. The molecule has 1 saturated heterocycles. The minimum atomic E-state index is -1.37. The number of aliphatic hydroxyl groups is 3. The summed E-state index contributed by atoms with van der Waals surface area (Å²) in [7, 11) is 0. The lowest BCUT2D eigenvalue weighted by Gasteiger charge is -2.17. The predicted molar refractivity (Wildman–Crippen MR) is 140 cm³/mol. The minimum absolute atomic E-state index is 0.133. The number of carbonyl (C=O) groups excluding carboxylic acids is 1. The lowest BCUT2D eigenvalue weighted by atomic mass is 10.0. The standard InChI is InChI=1S/C27H47N3O6/c1-2-3-4-5-6-7-8-9-10-11-12-13-14-15-16-17-23(32)28-22-18-19-30(27(35)29-22)26-25(34)24(33)21(20-31)36-26/h18-19,21,24-26,31,33-34H,2-17,20H2,1H3,(H,28,29,32,35)/t21-,24-,25+,26-/m1/s1. The van der Waals surface area contributed by atoms with Crippen molar-refractivity contribution in [1.29, 1.82) is 0 Å². The number of aliphatic hydroxyl groups excluding tert-OH is 3. The molecule has 4 N–H and O–H groups in total.